The summed E-state index contributed by atoms with van der Waals surface area (Å²) in [6.45, 7) is 3.55. The zero-order valence-corrected chi connectivity index (χ0v) is 11.9. The summed E-state index contributed by atoms with van der Waals surface area (Å²) in [5.74, 6) is 0.965. The summed E-state index contributed by atoms with van der Waals surface area (Å²) in [6.07, 6.45) is 2.61. The van der Waals surface area contributed by atoms with Crippen molar-refractivity contribution >= 4 is 11.3 Å². The van der Waals surface area contributed by atoms with Crippen LogP contribution in [0.1, 0.15) is 29.7 Å². The molecule has 0 amide bonds. The number of aryl methyl sites for hydroxylation is 1. The molecule has 0 radical (unpaired) electrons. The Hall–Kier alpha value is -1.39. The summed E-state index contributed by atoms with van der Waals surface area (Å²) >= 11 is 1.60. The minimum Gasteiger partial charge on any atom is -0.487 e. The van der Waals surface area contributed by atoms with Crippen LogP contribution in [0.4, 0.5) is 0 Å². The van der Waals surface area contributed by atoms with Crippen molar-refractivity contribution in [2.24, 2.45) is 0 Å². The van der Waals surface area contributed by atoms with Crippen LogP contribution in [-0.2, 0) is 13.2 Å². The molecule has 1 aliphatic carbocycles. The number of benzene rings is 1. The van der Waals surface area contributed by atoms with E-state index >= 15 is 0 Å². The van der Waals surface area contributed by atoms with Gasteiger partial charge in [0.15, 0.2) is 0 Å². The second-order valence-corrected chi connectivity index (χ2v) is 5.75. The van der Waals surface area contributed by atoms with Crippen LogP contribution < -0.4 is 10.1 Å². The van der Waals surface area contributed by atoms with Gasteiger partial charge in [-0.25, -0.2) is 4.98 Å². The van der Waals surface area contributed by atoms with Gasteiger partial charge in [0.25, 0.3) is 0 Å². The lowest BCUT2D eigenvalue weighted by Crippen LogP contribution is -2.16. The maximum absolute atomic E-state index is 5.89. The first-order valence-corrected chi connectivity index (χ1v) is 7.58. The highest BCUT2D eigenvalue weighted by Crippen LogP contribution is 2.24. The van der Waals surface area contributed by atoms with Crippen molar-refractivity contribution in [3.8, 4) is 5.75 Å². The van der Waals surface area contributed by atoms with Crippen LogP contribution in [0.5, 0.6) is 5.75 Å². The van der Waals surface area contributed by atoms with Crippen molar-refractivity contribution < 1.29 is 4.74 Å². The molecule has 1 aromatic carbocycles. The number of nitrogens with one attached hydrogen (secondary N) is 1. The SMILES string of the molecule is Cc1ccc(OCc2cscn2)c(CNC2CC2)c1. The van der Waals surface area contributed by atoms with E-state index in [0.29, 0.717) is 12.6 Å². The standard InChI is InChI=1S/C15H18N2OS/c1-11-2-5-15(18-8-14-9-19-10-17-14)12(6-11)7-16-13-3-4-13/h2,5-6,9-10,13,16H,3-4,7-8H2,1H3. The first-order chi connectivity index (χ1) is 9.31. The van der Waals surface area contributed by atoms with Crippen LogP contribution in [-0.4, -0.2) is 11.0 Å². The molecule has 2 aromatic rings. The van der Waals surface area contributed by atoms with Gasteiger partial charge in [0.1, 0.15) is 12.4 Å². The lowest BCUT2D eigenvalue weighted by atomic mass is 10.1. The van der Waals surface area contributed by atoms with Gasteiger partial charge in [0.2, 0.25) is 0 Å². The molecule has 100 valence electrons. The van der Waals surface area contributed by atoms with E-state index < -0.39 is 0 Å². The highest BCUT2D eigenvalue weighted by Gasteiger charge is 2.20. The first kappa shape index (κ1) is 12.6. The molecule has 1 fully saturated rings. The molecule has 1 aliphatic rings. The van der Waals surface area contributed by atoms with E-state index in [1.165, 1.54) is 24.0 Å². The van der Waals surface area contributed by atoms with E-state index in [2.05, 4.69) is 35.4 Å². The third-order valence-corrected chi connectivity index (χ3v) is 3.87. The molecule has 0 aliphatic heterocycles. The van der Waals surface area contributed by atoms with Crippen molar-refractivity contribution in [1.29, 1.82) is 0 Å². The van der Waals surface area contributed by atoms with Crippen LogP contribution in [0.3, 0.4) is 0 Å². The topological polar surface area (TPSA) is 34.1 Å². The lowest BCUT2D eigenvalue weighted by Gasteiger charge is -2.12. The fraction of sp³-hybridized carbons (Fsp3) is 0.400. The van der Waals surface area contributed by atoms with Gasteiger partial charge in [0.05, 0.1) is 11.2 Å². The third kappa shape index (κ3) is 3.55. The summed E-state index contributed by atoms with van der Waals surface area (Å²) in [7, 11) is 0. The minimum absolute atomic E-state index is 0.545. The zero-order chi connectivity index (χ0) is 13.1. The van der Waals surface area contributed by atoms with Crippen molar-refractivity contribution in [2.45, 2.75) is 39.0 Å². The zero-order valence-electron chi connectivity index (χ0n) is 11.1. The predicted octanol–water partition coefficient (Wildman–Crippen LogP) is 3.28. The van der Waals surface area contributed by atoms with Crippen LogP contribution in [0, 0.1) is 6.92 Å². The van der Waals surface area contributed by atoms with E-state index in [4.69, 9.17) is 4.74 Å². The van der Waals surface area contributed by atoms with Gasteiger partial charge in [-0.1, -0.05) is 17.7 Å². The van der Waals surface area contributed by atoms with E-state index in [9.17, 15) is 0 Å². The molecule has 1 saturated carbocycles. The summed E-state index contributed by atoms with van der Waals surface area (Å²) in [5.41, 5.74) is 5.34. The second-order valence-electron chi connectivity index (χ2n) is 5.03. The summed E-state index contributed by atoms with van der Waals surface area (Å²) < 4.78 is 5.89. The molecule has 0 unspecified atom stereocenters. The van der Waals surface area contributed by atoms with Crippen molar-refractivity contribution in [2.75, 3.05) is 0 Å². The summed E-state index contributed by atoms with van der Waals surface area (Å²) in [5, 5.41) is 5.56. The average molecular weight is 274 g/mol. The van der Waals surface area contributed by atoms with Crippen molar-refractivity contribution in [3.05, 3.63) is 45.9 Å². The third-order valence-electron chi connectivity index (χ3n) is 3.23. The quantitative estimate of drug-likeness (QED) is 0.877. The predicted molar refractivity (Wildman–Crippen MR) is 77.5 cm³/mol. The number of thiazole rings is 1. The average Bonchev–Trinajstić information content (AvgIpc) is 3.10. The molecule has 0 atom stereocenters. The van der Waals surface area contributed by atoms with Gasteiger partial charge in [-0.2, -0.15) is 0 Å². The van der Waals surface area contributed by atoms with Gasteiger partial charge in [0, 0.05) is 23.5 Å². The van der Waals surface area contributed by atoms with E-state index in [1.54, 1.807) is 11.3 Å². The second kappa shape index (κ2) is 5.72. The van der Waals surface area contributed by atoms with Crippen LogP contribution in [0.25, 0.3) is 0 Å². The van der Waals surface area contributed by atoms with Gasteiger partial charge in [-0.05, 0) is 25.8 Å². The molecule has 0 spiro atoms. The number of ether oxygens (including phenoxy) is 1. The molecule has 3 rings (SSSR count). The summed E-state index contributed by atoms with van der Waals surface area (Å²) in [4.78, 5) is 4.24. The van der Waals surface area contributed by atoms with Crippen LogP contribution in [0.2, 0.25) is 0 Å². The molecule has 1 N–H and O–H groups in total. The Morgan fingerprint density at radius 3 is 3.05 bits per heavy atom. The Bertz CT molecular complexity index is 535. The van der Waals surface area contributed by atoms with Crippen molar-refractivity contribution in [3.63, 3.8) is 0 Å². The largest absolute Gasteiger partial charge is 0.487 e. The number of aromatic nitrogens is 1. The van der Waals surface area contributed by atoms with Gasteiger partial charge in [-0.15, -0.1) is 11.3 Å². The minimum atomic E-state index is 0.545. The van der Waals surface area contributed by atoms with Crippen molar-refractivity contribution in [1.82, 2.24) is 10.3 Å². The van der Waals surface area contributed by atoms with E-state index in [1.807, 2.05) is 10.9 Å². The molecule has 1 heterocycles. The van der Waals surface area contributed by atoms with Gasteiger partial charge >= 0.3 is 0 Å². The van der Waals surface area contributed by atoms with Crippen LogP contribution in [0.15, 0.2) is 29.1 Å². The number of hydrogen-bond donors (Lipinski definition) is 1. The fourth-order valence-corrected chi connectivity index (χ4v) is 2.53. The molecular formula is C15H18N2OS. The van der Waals surface area contributed by atoms with E-state index in [-0.39, 0.29) is 0 Å². The van der Waals surface area contributed by atoms with E-state index in [0.717, 1.165) is 18.0 Å². The Balaban J connectivity index is 1.67. The molecule has 19 heavy (non-hydrogen) atoms. The maximum Gasteiger partial charge on any atom is 0.131 e. The molecule has 0 saturated heterocycles. The first-order valence-electron chi connectivity index (χ1n) is 6.64. The summed E-state index contributed by atoms with van der Waals surface area (Å²) in [6, 6.07) is 7.07. The highest BCUT2D eigenvalue weighted by molar-refractivity contribution is 7.07. The monoisotopic (exact) mass is 274 g/mol. The maximum atomic E-state index is 5.89. The molecule has 0 bridgehead atoms. The molecule has 3 nitrogen and oxygen atoms in total. The molecule has 1 aromatic heterocycles. The number of rotatable bonds is 6. The number of hydrogen-bond acceptors (Lipinski definition) is 4. The molecule has 4 heteroatoms. The normalized spacial score (nSPS) is 14.6. The molecular weight excluding hydrogens is 256 g/mol. The smallest absolute Gasteiger partial charge is 0.131 e. The van der Waals surface area contributed by atoms with Gasteiger partial charge < -0.3 is 10.1 Å². The van der Waals surface area contributed by atoms with Gasteiger partial charge in [-0.3, -0.25) is 0 Å². The lowest BCUT2D eigenvalue weighted by molar-refractivity contribution is 0.298. The fourth-order valence-electron chi connectivity index (χ4n) is 1.99. The Kier molecular flexibility index (Phi) is 3.80. The Labute approximate surface area is 117 Å². The number of nitrogens with zero attached hydrogens (tertiary/aromatic N) is 1. The highest BCUT2D eigenvalue weighted by atomic mass is 32.1. The van der Waals surface area contributed by atoms with Crippen LogP contribution >= 0.6 is 11.3 Å². The Morgan fingerprint density at radius 1 is 1.42 bits per heavy atom. The Morgan fingerprint density at radius 2 is 2.32 bits per heavy atom.